The van der Waals surface area contributed by atoms with Gasteiger partial charge in [0.25, 0.3) is 0 Å². The van der Waals surface area contributed by atoms with Crippen LogP contribution in [-0.4, -0.2) is 107 Å². The van der Waals surface area contributed by atoms with Gasteiger partial charge < -0.3 is 10.0 Å². The number of hydrogen-bond donors (Lipinski definition) is 2. The molecule has 6 heavy (non-hydrogen) atoms. The Labute approximate surface area is 108 Å². The van der Waals surface area contributed by atoms with Crippen LogP contribution in [0.15, 0.2) is 0 Å². The van der Waals surface area contributed by atoms with Gasteiger partial charge in [0.2, 0.25) is 0 Å². The molecule has 0 unspecified atom stereocenters. The predicted octanol–water partition coefficient (Wildman–Crippen LogP) is -2.64. The van der Waals surface area contributed by atoms with Gasteiger partial charge in [-0.25, -0.2) is 0 Å². The van der Waals surface area contributed by atoms with Crippen molar-refractivity contribution in [2.75, 3.05) is 0 Å². The van der Waals surface area contributed by atoms with Crippen LogP contribution in [0.2, 0.25) is 0 Å². The van der Waals surface area contributed by atoms with Crippen molar-refractivity contribution in [2.45, 2.75) is 0 Å². The van der Waals surface area contributed by atoms with Gasteiger partial charge in [-0.2, -0.15) is 0 Å². The van der Waals surface area contributed by atoms with E-state index in [9.17, 15) is 4.32 Å². The summed E-state index contributed by atoms with van der Waals surface area (Å²) in [6.45, 7) is 0. The SMILES string of the molecule is OB(O)F.[CaH2].[KH]. The van der Waals surface area contributed by atoms with Gasteiger partial charge in [0.1, 0.15) is 0 Å². The van der Waals surface area contributed by atoms with Crippen molar-refractivity contribution < 1.29 is 14.4 Å². The van der Waals surface area contributed by atoms with E-state index in [2.05, 4.69) is 0 Å². The second kappa shape index (κ2) is 10.7. The fourth-order valence-corrected chi connectivity index (χ4v) is 0. The van der Waals surface area contributed by atoms with E-state index in [1.54, 1.807) is 0 Å². The molecule has 0 aliphatic heterocycles. The molecule has 0 saturated carbocycles. The van der Waals surface area contributed by atoms with Crippen molar-refractivity contribution in [2.24, 2.45) is 0 Å². The Morgan fingerprint density at radius 1 is 1.33 bits per heavy atom. The maximum absolute atomic E-state index is 10.1. The van der Waals surface area contributed by atoms with Crippen LogP contribution < -0.4 is 0 Å². The van der Waals surface area contributed by atoms with Crippen molar-refractivity contribution in [3.05, 3.63) is 0 Å². The molecular formula is H5BCaFKO2. The zero-order valence-electron chi connectivity index (χ0n) is 1.85. The number of rotatable bonds is 0. The molecule has 0 aromatic heterocycles. The average molecular weight is 146 g/mol. The van der Waals surface area contributed by atoms with Crippen molar-refractivity contribution in [1.82, 2.24) is 0 Å². The first-order valence-corrected chi connectivity index (χ1v) is 0.735. The third kappa shape index (κ3) is 29.1. The topological polar surface area (TPSA) is 40.5 Å². The molecule has 0 heterocycles. The molecule has 0 aromatic carbocycles. The number of hydrogen-bond acceptors (Lipinski definition) is 2. The van der Waals surface area contributed by atoms with Gasteiger partial charge in [-0.1, -0.05) is 0 Å². The van der Waals surface area contributed by atoms with Gasteiger partial charge in [0.15, 0.2) is 0 Å². The molecule has 0 amide bonds. The van der Waals surface area contributed by atoms with Crippen LogP contribution >= 0.6 is 0 Å². The first-order chi connectivity index (χ1) is 1.73. The third-order valence-corrected chi connectivity index (χ3v) is 0. The summed E-state index contributed by atoms with van der Waals surface area (Å²) in [5, 5.41) is 13.9. The van der Waals surface area contributed by atoms with E-state index >= 15 is 0 Å². The van der Waals surface area contributed by atoms with Crippen LogP contribution in [0, 0.1) is 0 Å². The van der Waals surface area contributed by atoms with E-state index in [4.69, 9.17) is 10.0 Å². The Kier molecular flexibility index (Phi) is 28.5. The molecular weight excluding hydrogens is 141 g/mol. The molecule has 0 aromatic rings. The van der Waals surface area contributed by atoms with Gasteiger partial charge >= 0.3 is 96.5 Å². The Bertz CT molecular complexity index is 18.3. The van der Waals surface area contributed by atoms with Crippen molar-refractivity contribution in [3.8, 4) is 0 Å². The first-order valence-electron chi connectivity index (χ1n) is 0.735. The molecule has 0 radical (unpaired) electrons. The summed E-state index contributed by atoms with van der Waals surface area (Å²) < 4.78 is 10.1. The van der Waals surface area contributed by atoms with Crippen LogP contribution in [0.5, 0.6) is 0 Å². The Morgan fingerprint density at radius 2 is 1.33 bits per heavy atom. The Morgan fingerprint density at radius 3 is 1.33 bits per heavy atom. The molecule has 0 saturated heterocycles. The first kappa shape index (κ1) is 15.9. The second-order valence-corrected chi connectivity index (χ2v) is 0.311. The van der Waals surface area contributed by atoms with E-state index in [1.165, 1.54) is 0 Å². The molecule has 0 rings (SSSR count). The van der Waals surface area contributed by atoms with Gasteiger partial charge in [-0.15, -0.1) is 0 Å². The molecule has 0 aliphatic carbocycles. The van der Waals surface area contributed by atoms with Gasteiger partial charge in [-0.05, 0) is 0 Å². The van der Waals surface area contributed by atoms with Crippen LogP contribution in [0.25, 0.3) is 0 Å². The van der Waals surface area contributed by atoms with E-state index in [0.29, 0.717) is 0 Å². The Hall–Kier alpha value is 2.81. The van der Waals surface area contributed by atoms with Gasteiger partial charge in [0, 0.05) is 0 Å². The zero-order chi connectivity index (χ0) is 3.58. The predicted molar refractivity (Wildman–Crippen MR) is 27.0 cm³/mol. The molecule has 30 valence electrons. The molecule has 2 N–H and O–H groups in total. The fourth-order valence-electron chi connectivity index (χ4n) is 0. The van der Waals surface area contributed by atoms with E-state index < -0.39 is 7.40 Å². The van der Waals surface area contributed by atoms with Gasteiger partial charge in [-0.3, -0.25) is 4.32 Å². The standard InChI is InChI=1S/BFH2O2.Ca.K.3H/c2-1(3)4;;;;;/h3-4H;;;;;. The van der Waals surface area contributed by atoms with E-state index in [0.717, 1.165) is 0 Å². The zero-order valence-corrected chi connectivity index (χ0v) is 1.85. The fraction of sp³-hybridized carbons (Fsp3) is 0. The van der Waals surface area contributed by atoms with Crippen molar-refractivity contribution in [1.29, 1.82) is 0 Å². The van der Waals surface area contributed by atoms with E-state index in [1.807, 2.05) is 0 Å². The van der Waals surface area contributed by atoms with Crippen molar-refractivity contribution >= 4 is 96.5 Å². The van der Waals surface area contributed by atoms with Crippen LogP contribution in [-0.2, 0) is 0 Å². The molecule has 2 nitrogen and oxygen atoms in total. The minimum absolute atomic E-state index is 0. The quantitative estimate of drug-likeness (QED) is 0.367. The Balaban J connectivity index is -0.0000000450. The minimum atomic E-state index is -2.67. The third-order valence-electron chi connectivity index (χ3n) is 0. The normalized spacial score (nSPS) is 4.50. The van der Waals surface area contributed by atoms with E-state index in [-0.39, 0.29) is 89.1 Å². The monoisotopic (exact) mass is 146 g/mol. The van der Waals surface area contributed by atoms with Crippen molar-refractivity contribution in [3.63, 3.8) is 0 Å². The number of halogens is 1. The molecule has 0 spiro atoms. The summed E-state index contributed by atoms with van der Waals surface area (Å²) in [4.78, 5) is 0. The molecule has 0 atom stereocenters. The molecule has 6 heteroatoms. The summed E-state index contributed by atoms with van der Waals surface area (Å²) in [6, 6.07) is 0. The summed E-state index contributed by atoms with van der Waals surface area (Å²) in [5.74, 6) is 0. The second-order valence-electron chi connectivity index (χ2n) is 0.311. The summed E-state index contributed by atoms with van der Waals surface area (Å²) in [6.07, 6.45) is 0. The maximum atomic E-state index is 10.1. The average Bonchev–Trinajstić information content (AvgIpc) is 0.811. The van der Waals surface area contributed by atoms with Crippen LogP contribution in [0.4, 0.5) is 4.32 Å². The molecule has 0 fully saturated rings. The summed E-state index contributed by atoms with van der Waals surface area (Å²) in [5.41, 5.74) is 0. The van der Waals surface area contributed by atoms with Crippen LogP contribution in [0.3, 0.4) is 0 Å². The molecule has 0 aliphatic rings. The molecule has 0 bridgehead atoms. The van der Waals surface area contributed by atoms with Crippen LogP contribution in [0.1, 0.15) is 0 Å². The van der Waals surface area contributed by atoms with Gasteiger partial charge in [0.05, 0.1) is 0 Å². The summed E-state index contributed by atoms with van der Waals surface area (Å²) in [7, 11) is -2.67. The summed E-state index contributed by atoms with van der Waals surface area (Å²) >= 11 is 0.